The van der Waals surface area contributed by atoms with Gasteiger partial charge in [0.15, 0.2) is 0 Å². The minimum Gasteiger partial charge on any atom is -0.368 e. The Morgan fingerprint density at radius 3 is 1.71 bits per heavy atom. The van der Waals surface area contributed by atoms with Crippen molar-refractivity contribution in [1.29, 1.82) is 0 Å². The third-order valence-electron chi connectivity index (χ3n) is 4.91. The summed E-state index contributed by atoms with van der Waals surface area (Å²) in [6, 6.07) is 21.5. The van der Waals surface area contributed by atoms with Crippen molar-refractivity contribution in [2.45, 2.75) is 24.6 Å². The van der Waals surface area contributed by atoms with Gasteiger partial charge in [-0.25, -0.2) is 0 Å². The average Bonchev–Trinajstić information content (AvgIpc) is 2.75. The summed E-state index contributed by atoms with van der Waals surface area (Å²) in [7, 11) is 0. The molecule has 3 aromatic rings. The van der Waals surface area contributed by atoms with Crippen molar-refractivity contribution in [2.75, 3.05) is 0 Å². The Kier molecular flexibility index (Phi) is 6.74. The van der Waals surface area contributed by atoms with Gasteiger partial charge in [0.05, 0.1) is 11.5 Å². The zero-order chi connectivity index (χ0) is 22.4. The highest BCUT2D eigenvalue weighted by atomic mass is 19.4. The molecule has 3 rings (SSSR count). The molecule has 0 aliphatic heterocycles. The van der Waals surface area contributed by atoms with E-state index in [4.69, 9.17) is 5.73 Å². The third-order valence-corrected chi connectivity index (χ3v) is 4.91. The summed E-state index contributed by atoms with van der Waals surface area (Å²) < 4.78 is 38.3. The molecule has 0 saturated heterocycles. The van der Waals surface area contributed by atoms with Crippen LogP contribution in [0.5, 0.6) is 0 Å². The Labute approximate surface area is 177 Å². The number of carbonyl (C=O) groups is 2. The molecule has 0 aliphatic rings. The lowest BCUT2D eigenvalue weighted by molar-refractivity contribution is -0.137. The van der Waals surface area contributed by atoms with Crippen LogP contribution in [0.1, 0.15) is 28.2 Å². The normalized spacial score (nSPS) is 12.4. The van der Waals surface area contributed by atoms with Crippen LogP contribution in [0.4, 0.5) is 13.2 Å². The summed E-state index contributed by atoms with van der Waals surface area (Å²) in [5, 5.41) is 2.67. The van der Waals surface area contributed by atoms with Crippen LogP contribution < -0.4 is 11.1 Å². The number of amides is 2. The molecule has 0 aliphatic carbocycles. The zero-order valence-electron chi connectivity index (χ0n) is 16.5. The number of rotatable bonds is 7. The second-order valence-corrected chi connectivity index (χ2v) is 7.12. The van der Waals surface area contributed by atoms with Gasteiger partial charge in [-0.15, -0.1) is 0 Å². The molecule has 4 nitrogen and oxygen atoms in total. The summed E-state index contributed by atoms with van der Waals surface area (Å²) >= 11 is 0. The van der Waals surface area contributed by atoms with Crippen LogP contribution in [0.15, 0.2) is 84.9 Å². The molecule has 0 unspecified atom stereocenters. The molecule has 3 aromatic carbocycles. The number of nitrogens with two attached hydrogens (primary N) is 1. The molecular weight excluding hydrogens is 405 g/mol. The van der Waals surface area contributed by atoms with Crippen molar-refractivity contribution in [3.63, 3.8) is 0 Å². The smallest absolute Gasteiger partial charge is 0.368 e. The first-order valence-electron chi connectivity index (χ1n) is 9.61. The van der Waals surface area contributed by atoms with Gasteiger partial charge in [-0.05, 0) is 28.8 Å². The molecule has 31 heavy (non-hydrogen) atoms. The Balaban J connectivity index is 1.82. The summed E-state index contributed by atoms with van der Waals surface area (Å²) in [4.78, 5) is 25.2. The predicted octanol–water partition coefficient (Wildman–Crippen LogP) is 4.05. The predicted molar refractivity (Wildman–Crippen MR) is 111 cm³/mol. The first-order valence-corrected chi connectivity index (χ1v) is 9.61. The SMILES string of the molecule is NC(=O)[C@@H](Cc1ccc(C(F)(F)F)cc1)NC(=O)C(c1ccccc1)c1ccccc1. The van der Waals surface area contributed by atoms with E-state index in [0.29, 0.717) is 5.56 Å². The Hall–Kier alpha value is -3.61. The summed E-state index contributed by atoms with van der Waals surface area (Å²) in [6.07, 6.45) is -4.47. The van der Waals surface area contributed by atoms with Crippen LogP contribution in [0.3, 0.4) is 0 Å². The molecule has 2 amide bonds. The number of alkyl halides is 3. The zero-order valence-corrected chi connectivity index (χ0v) is 16.5. The van der Waals surface area contributed by atoms with E-state index < -0.39 is 35.5 Å². The van der Waals surface area contributed by atoms with Crippen molar-refractivity contribution in [3.8, 4) is 0 Å². The van der Waals surface area contributed by atoms with Gasteiger partial charge in [0.25, 0.3) is 0 Å². The number of carbonyl (C=O) groups excluding carboxylic acids is 2. The maximum Gasteiger partial charge on any atom is 0.416 e. The topological polar surface area (TPSA) is 72.2 Å². The molecule has 1 atom stereocenters. The molecule has 0 bridgehead atoms. The lowest BCUT2D eigenvalue weighted by Crippen LogP contribution is -2.47. The van der Waals surface area contributed by atoms with Crippen LogP contribution in [-0.2, 0) is 22.2 Å². The Morgan fingerprint density at radius 2 is 1.29 bits per heavy atom. The highest BCUT2D eigenvalue weighted by molar-refractivity contribution is 5.92. The van der Waals surface area contributed by atoms with Crippen molar-refractivity contribution < 1.29 is 22.8 Å². The van der Waals surface area contributed by atoms with Gasteiger partial charge in [-0.2, -0.15) is 13.2 Å². The molecule has 0 heterocycles. The number of hydrogen-bond donors (Lipinski definition) is 2. The lowest BCUT2D eigenvalue weighted by Gasteiger charge is -2.22. The number of hydrogen-bond acceptors (Lipinski definition) is 2. The van der Waals surface area contributed by atoms with E-state index in [2.05, 4.69) is 5.32 Å². The van der Waals surface area contributed by atoms with Crippen LogP contribution in [0, 0.1) is 0 Å². The van der Waals surface area contributed by atoms with Crippen LogP contribution >= 0.6 is 0 Å². The molecule has 0 saturated carbocycles. The molecule has 0 radical (unpaired) electrons. The van der Waals surface area contributed by atoms with Gasteiger partial charge in [0.1, 0.15) is 6.04 Å². The standard InChI is InChI=1S/C24H21F3N2O2/c25-24(26,27)19-13-11-16(12-14-19)15-20(22(28)30)29-23(31)21(17-7-3-1-4-8-17)18-9-5-2-6-10-18/h1-14,20-21H,15H2,(H2,28,30)(H,29,31)/t20-/m1/s1. The largest absolute Gasteiger partial charge is 0.416 e. The maximum absolute atomic E-state index is 13.2. The van der Waals surface area contributed by atoms with Gasteiger partial charge >= 0.3 is 6.18 Å². The maximum atomic E-state index is 13.2. The van der Waals surface area contributed by atoms with Crippen LogP contribution in [0.2, 0.25) is 0 Å². The monoisotopic (exact) mass is 426 g/mol. The Morgan fingerprint density at radius 1 is 0.806 bits per heavy atom. The molecule has 0 aromatic heterocycles. The van der Waals surface area contributed by atoms with Gasteiger partial charge in [0.2, 0.25) is 11.8 Å². The van der Waals surface area contributed by atoms with E-state index in [1.807, 2.05) is 60.7 Å². The third kappa shape index (κ3) is 5.72. The van der Waals surface area contributed by atoms with E-state index in [0.717, 1.165) is 23.3 Å². The van der Waals surface area contributed by atoms with Crippen molar-refractivity contribution in [2.24, 2.45) is 5.73 Å². The summed E-state index contributed by atoms with van der Waals surface area (Å²) in [5.41, 5.74) is 6.62. The van der Waals surface area contributed by atoms with Crippen LogP contribution in [-0.4, -0.2) is 17.9 Å². The number of nitrogens with one attached hydrogen (secondary N) is 1. The fraction of sp³-hybridized carbons (Fsp3) is 0.167. The fourth-order valence-electron chi connectivity index (χ4n) is 3.33. The van der Waals surface area contributed by atoms with Crippen molar-refractivity contribution in [3.05, 3.63) is 107 Å². The highest BCUT2D eigenvalue weighted by Gasteiger charge is 2.30. The van der Waals surface area contributed by atoms with E-state index in [9.17, 15) is 22.8 Å². The van der Waals surface area contributed by atoms with Gasteiger partial charge < -0.3 is 11.1 Å². The van der Waals surface area contributed by atoms with E-state index >= 15 is 0 Å². The van der Waals surface area contributed by atoms with Gasteiger partial charge in [-0.3, -0.25) is 9.59 Å². The molecule has 0 fully saturated rings. The number of primary amides is 1. The summed E-state index contributed by atoms with van der Waals surface area (Å²) in [6.45, 7) is 0. The second-order valence-electron chi connectivity index (χ2n) is 7.12. The minimum atomic E-state index is -4.45. The first-order chi connectivity index (χ1) is 14.8. The van der Waals surface area contributed by atoms with Crippen molar-refractivity contribution >= 4 is 11.8 Å². The molecular formula is C24H21F3N2O2. The van der Waals surface area contributed by atoms with E-state index in [1.165, 1.54) is 12.1 Å². The highest BCUT2D eigenvalue weighted by Crippen LogP contribution is 2.29. The summed E-state index contributed by atoms with van der Waals surface area (Å²) in [5.74, 6) is -1.86. The Bertz CT molecular complexity index is 981. The first kappa shape index (κ1) is 22.1. The van der Waals surface area contributed by atoms with Crippen LogP contribution in [0.25, 0.3) is 0 Å². The van der Waals surface area contributed by atoms with Crippen molar-refractivity contribution in [1.82, 2.24) is 5.32 Å². The number of halogens is 3. The fourth-order valence-corrected chi connectivity index (χ4v) is 3.33. The van der Waals surface area contributed by atoms with Gasteiger partial charge in [0, 0.05) is 6.42 Å². The van der Waals surface area contributed by atoms with E-state index in [-0.39, 0.29) is 6.42 Å². The average molecular weight is 426 g/mol. The van der Waals surface area contributed by atoms with Gasteiger partial charge in [-0.1, -0.05) is 72.8 Å². The molecule has 7 heteroatoms. The number of benzene rings is 3. The minimum absolute atomic E-state index is 0.0183. The lowest BCUT2D eigenvalue weighted by atomic mass is 9.90. The molecule has 3 N–H and O–H groups in total. The quantitative estimate of drug-likeness (QED) is 0.598. The molecule has 160 valence electrons. The molecule has 0 spiro atoms. The second kappa shape index (κ2) is 9.47. The van der Waals surface area contributed by atoms with E-state index in [1.54, 1.807) is 0 Å².